The lowest BCUT2D eigenvalue weighted by Gasteiger charge is -2.36. The topological polar surface area (TPSA) is 66.4 Å². The van der Waals surface area contributed by atoms with Crippen molar-refractivity contribution in [3.8, 4) is 0 Å². The van der Waals surface area contributed by atoms with Crippen LogP contribution in [0, 0.1) is 12.7 Å². The Labute approximate surface area is 119 Å². The van der Waals surface area contributed by atoms with Crippen LogP contribution in [-0.4, -0.2) is 25.7 Å². The summed E-state index contributed by atoms with van der Waals surface area (Å²) < 4.78 is 40.8. The van der Waals surface area contributed by atoms with E-state index in [1.54, 1.807) is 6.92 Å². The Morgan fingerprint density at radius 3 is 2.50 bits per heavy atom. The van der Waals surface area contributed by atoms with E-state index in [-0.39, 0.29) is 11.5 Å². The molecule has 0 aliphatic heterocycles. The van der Waals surface area contributed by atoms with E-state index in [0.717, 1.165) is 25.3 Å². The second-order valence-electron chi connectivity index (χ2n) is 5.52. The number of benzene rings is 1. The van der Waals surface area contributed by atoms with Gasteiger partial charge < -0.3 is 5.11 Å². The highest BCUT2D eigenvalue weighted by Gasteiger charge is 2.36. The highest BCUT2D eigenvalue weighted by atomic mass is 32.2. The van der Waals surface area contributed by atoms with E-state index in [1.165, 1.54) is 12.1 Å². The summed E-state index contributed by atoms with van der Waals surface area (Å²) in [5.41, 5.74) is -0.406. The average Bonchev–Trinajstić information content (AvgIpc) is 2.42. The Bertz CT molecular complexity index is 580. The summed E-state index contributed by atoms with van der Waals surface area (Å²) in [5.74, 6) is -0.547. The van der Waals surface area contributed by atoms with E-state index >= 15 is 0 Å². The van der Waals surface area contributed by atoms with Gasteiger partial charge in [-0.15, -0.1) is 0 Å². The molecule has 6 heteroatoms. The monoisotopic (exact) mass is 301 g/mol. The highest BCUT2D eigenvalue weighted by Crippen LogP contribution is 2.29. The third-order valence-electron chi connectivity index (χ3n) is 3.92. The summed E-state index contributed by atoms with van der Waals surface area (Å²) >= 11 is 0. The van der Waals surface area contributed by atoms with Gasteiger partial charge in [-0.3, -0.25) is 0 Å². The van der Waals surface area contributed by atoms with Gasteiger partial charge in [0, 0.05) is 0 Å². The smallest absolute Gasteiger partial charge is 0.241 e. The maximum Gasteiger partial charge on any atom is 0.241 e. The Hall–Kier alpha value is -0.980. The summed E-state index contributed by atoms with van der Waals surface area (Å²) in [5, 5.41) is 9.55. The lowest BCUT2D eigenvalue weighted by Crippen LogP contribution is -2.52. The molecule has 0 radical (unpaired) electrons. The fourth-order valence-electron chi connectivity index (χ4n) is 2.61. The molecule has 0 amide bonds. The van der Waals surface area contributed by atoms with Gasteiger partial charge in [0.2, 0.25) is 10.0 Å². The van der Waals surface area contributed by atoms with Gasteiger partial charge in [0.05, 0.1) is 17.0 Å². The molecular formula is C14H20FNO3S. The largest absolute Gasteiger partial charge is 0.394 e. The molecule has 0 bridgehead atoms. The number of nitrogens with one attached hydrogen (secondary N) is 1. The summed E-state index contributed by atoms with van der Waals surface area (Å²) in [7, 11) is -3.82. The summed E-state index contributed by atoms with van der Waals surface area (Å²) in [6.45, 7) is 1.34. The van der Waals surface area contributed by atoms with Crippen LogP contribution in [0.2, 0.25) is 0 Å². The van der Waals surface area contributed by atoms with Gasteiger partial charge in [-0.2, -0.15) is 0 Å². The standard InChI is InChI=1S/C14H20FNO3S/c1-11-5-6-12(9-13(11)15)20(18,19)16-14(10-17)7-3-2-4-8-14/h5-6,9,16-17H,2-4,7-8,10H2,1H3. The number of hydrogen-bond acceptors (Lipinski definition) is 3. The zero-order valence-corrected chi connectivity index (χ0v) is 12.3. The summed E-state index contributed by atoms with van der Waals surface area (Å²) in [4.78, 5) is -0.0981. The second-order valence-corrected chi connectivity index (χ2v) is 7.20. The van der Waals surface area contributed by atoms with E-state index in [9.17, 15) is 17.9 Å². The molecule has 1 aliphatic rings. The number of hydrogen-bond donors (Lipinski definition) is 2. The molecule has 20 heavy (non-hydrogen) atoms. The van der Waals surface area contributed by atoms with Crippen molar-refractivity contribution in [2.24, 2.45) is 0 Å². The van der Waals surface area contributed by atoms with Crippen LogP contribution >= 0.6 is 0 Å². The normalized spacial score (nSPS) is 18.9. The van der Waals surface area contributed by atoms with E-state index < -0.39 is 21.4 Å². The Balaban J connectivity index is 2.27. The molecule has 2 N–H and O–H groups in total. The van der Waals surface area contributed by atoms with Gasteiger partial charge >= 0.3 is 0 Å². The molecule has 112 valence electrons. The van der Waals surface area contributed by atoms with E-state index in [4.69, 9.17) is 0 Å². The molecule has 0 aromatic heterocycles. The van der Waals surface area contributed by atoms with Gasteiger partial charge in [0.1, 0.15) is 5.82 Å². The van der Waals surface area contributed by atoms with Crippen molar-refractivity contribution in [2.45, 2.75) is 49.5 Å². The molecule has 0 spiro atoms. The molecule has 2 rings (SSSR count). The predicted molar refractivity (Wildman–Crippen MR) is 74.4 cm³/mol. The van der Waals surface area contributed by atoms with Crippen molar-refractivity contribution in [2.75, 3.05) is 6.61 Å². The van der Waals surface area contributed by atoms with Crippen molar-refractivity contribution in [1.82, 2.24) is 4.72 Å². The van der Waals surface area contributed by atoms with E-state index in [2.05, 4.69) is 4.72 Å². The molecule has 0 saturated heterocycles. The first kappa shape index (κ1) is 15.4. The zero-order chi connectivity index (χ0) is 14.8. The fraction of sp³-hybridized carbons (Fsp3) is 0.571. The maximum atomic E-state index is 13.5. The van der Waals surface area contributed by atoms with Crippen molar-refractivity contribution in [1.29, 1.82) is 0 Å². The first-order valence-corrected chi connectivity index (χ1v) is 8.28. The van der Waals surface area contributed by atoms with Gasteiger partial charge in [0.25, 0.3) is 0 Å². The van der Waals surface area contributed by atoms with Gasteiger partial charge in [-0.1, -0.05) is 25.3 Å². The van der Waals surface area contributed by atoms with Gasteiger partial charge in [0.15, 0.2) is 0 Å². The summed E-state index contributed by atoms with van der Waals surface area (Å²) in [6.07, 6.45) is 4.02. The molecular weight excluding hydrogens is 281 g/mol. The van der Waals surface area contributed by atoms with Crippen molar-refractivity contribution in [3.63, 3.8) is 0 Å². The molecule has 1 aromatic rings. The molecule has 1 aliphatic carbocycles. The van der Waals surface area contributed by atoms with Crippen molar-refractivity contribution >= 4 is 10.0 Å². The molecule has 1 fully saturated rings. The minimum absolute atomic E-state index is 0.0981. The molecule has 0 heterocycles. The molecule has 1 aromatic carbocycles. The SMILES string of the molecule is Cc1ccc(S(=O)(=O)NC2(CO)CCCCC2)cc1F. The van der Waals surface area contributed by atoms with Gasteiger partial charge in [-0.25, -0.2) is 17.5 Å². The Morgan fingerprint density at radius 2 is 1.95 bits per heavy atom. The molecule has 4 nitrogen and oxygen atoms in total. The van der Waals surface area contributed by atoms with Crippen LogP contribution in [0.3, 0.4) is 0 Å². The summed E-state index contributed by atoms with van der Waals surface area (Å²) in [6, 6.07) is 3.84. The van der Waals surface area contributed by atoms with Crippen LogP contribution in [0.15, 0.2) is 23.1 Å². The van der Waals surface area contributed by atoms with Crippen LogP contribution in [-0.2, 0) is 10.0 Å². The van der Waals surface area contributed by atoms with E-state index in [1.807, 2.05) is 0 Å². The van der Waals surface area contributed by atoms with Crippen LogP contribution in [0.1, 0.15) is 37.7 Å². The molecule has 0 atom stereocenters. The number of sulfonamides is 1. The zero-order valence-electron chi connectivity index (χ0n) is 11.5. The van der Waals surface area contributed by atoms with Crippen LogP contribution in [0.4, 0.5) is 4.39 Å². The third-order valence-corrected chi connectivity index (χ3v) is 5.49. The first-order chi connectivity index (χ1) is 9.38. The van der Waals surface area contributed by atoms with Crippen molar-refractivity contribution in [3.05, 3.63) is 29.6 Å². The average molecular weight is 301 g/mol. The number of aliphatic hydroxyl groups is 1. The van der Waals surface area contributed by atoms with E-state index in [0.29, 0.717) is 18.4 Å². The number of aryl methyl sites for hydroxylation is 1. The molecule has 0 unspecified atom stereocenters. The van der Waals surface area contributed by atoms with Crippen LogP contribution in [0.5, 0.6) is 0 Å². The predicted octanol–water partition coefficient (Wildman–Crippen LogP) is 2.11. The highest BCUT2D eigenvalue weighted by molar-refractivity contribution is 7.89. The number of aliphatic hydroxyl groups excluding tert-OH is 1. The number of halogens is 1. The minimum Gasteiger partial charge on any atom is -0.394 e. The fourth-order valence-corrected chi connectivity index (χ4v) is 4.07. The Morgan fingerprint density at radius 1 is 1.30 bits per heavy atom. The second kappa shape index (κ2) is 5.79. The van der Waals surface area contributed by atoms with Crippen LogP contribution < -0.4 is 4.72 Å². The number of rotatable bonds is 4. The third kappa shape index (κ3) is 3.19. The Kier molecular flexibility index (Phi) is 4.46. The van der Waals surface area contributed by atoms with Crippen molar-refractivity contribution < 1.29 is 17.9 Å². The van der Waals surface area contributed by atoms with Crippen LogP contribution in [0.25, 0.3) is 0 Å². The minimum atomic E-state index is -3.82. The van der Waals surface area contributed by atoms with Gasteiger partial charge in [-0.05, 0) is 37.5 Å². The lowest BCUT2D eigenvalue weighted by molar-refractivity contribution is 0.142. The quantitative estimate of drug-likeness (QED) is 0.895. The first-order valence-electron chi connectivity index (χ1n) is 6.80. The molecule has 1 saturated carbocycles. The maximum absolute atomic E-state index is 13.5. The lowest BCUT2D eigenvalue weighted by atomic mass is 9.83.